The van der Waals surface area contributed by atoms with Gasteiger partial charge in [0.05, 0.1) is 11.6 Å². The van der Waals surface area contributed by atoms with Crippen LogP contribution in [0.3, 0.4) is 0 Å². The summed E-state index contributed by atoms with van der Waals surface area (Å²) in [5.41, 5.74) is 0. The second kappa shape index (κ2) is 6.44. The van der Waals surface area contributed by atoms with Gasteiger partial charge in [-0.15, -0.1) is 0 Å². The van der Waals surface area contributed by atoms with E-state index in [1.807, 2.05) is 0 Å². The van der Waals surface area contributed by atoms with Crippen molar-refractivity contribution < 1.29 is 29.9 Å². The molecule has 4 unspecified atom stereocenters. The van der Waals surface area contributed by atoms with Gasteiger partial charge in [-0.1, -0.05) is 23.2 Å². The molecule has 0 aliphatic carbocycles. The molecule has 0 bridgehead atoms. The molecule has 1 aliphatic heterocycles. The predicted octanol–water partition coefficient (Wildman–Crippen LogP) is 0.172. The molecule has 1 saturated heterocycles. The van der Waals surface area contributed by atoms with Gasteiger partial charge in [-0.05, 0) is 18.2 Å². The lowest BCUT2D eigenvalue weighted by molar-refractivity contribution is -0.277. The van der Waals surface area contributed by atoms with Gasteiger partial charge in [-0.2, -0.15) is 0 Å². The largest absolute Gasteiger partial charge is 0.460 e. The van der Waals surface area contributed by atoms with Crippen molar-refractivity contribution in [1.29, 1.82) is 0 Å². The second-order valence-electron chi connectivity index (χ2n) is 4.39. The smallest absolute Gasteiger partial charge is 0.229 e. The van der Waals surface area contributed by atoms with Crippen molar-refractivity contribution in [2.45, 2.75) is 30.7 Å². The second-order valence-corrected chi connectivity index (χ2v) is 5.23. The number of rotatable bonds is 3. The third kappa shape index (κ3) is 3.17. The van der Waals surface area contributed by atoms with Crippen LogP contribution in [0.15, 0.2) is 18.2 Å². The Kier molecular flexibility index (Phi) is 5.09. The highest BCUT2D eigenvalue weighted by atomic mass is 35.5. The molecule has 0 amide bonds. The molecule has 2 rings (SSSR count). The van der Waals surface area contributed by atoms with Gasteiger partial charge in [-0.3, -0.25) is 0 Å². The first kappa shape index (κ1) is 15.8. The van der Waals surface area contributed by atoms with E-state index < -0.39 is 37.3 Å². The van der Waals surface area contributed by atoms with Crippen molar-refractivity contribution >= 4 is 23.2 Å². The van der Waals surface area contributed by atoms with Crippen LogP contribution in [0.25, 0.3) is 0 Å². The Balaban J connectivity index is 2.15. The highest BCUT2D eigenvalue weighted by Crippen LogP contribution is 2.31. The van der Waals surface area contributed by atoms with Gasteiger partial charge in [0.25, 0.3) is 0 Å². The Hall–Kier alpha value is -0.600. The molecule has 1 heterocycles. The average Bonchev–Trinajstić information content (AvgIpc) is 2.42. The number of hydrogen-bond donors (Lipinski definition) is 4. The van der Waals surface area contributed by atoms with Crippen LogP contribution in [0, 0.1) is 0 Å². The van der Waals surface area contributed by atoms with E-state index in [9.17, 15) is 15.3 Å². The molecule has 0 aromatic heterocycles. The number of ether oxygens (including phenoxy) is 2. The summed E-state index contributed by atoms with van der Waals surface area (Å²) in [7, 11) is 0. The van der Waals surface area contributed by atoms with Crippen molar-refractivity contribution in [3.8, 4) is 5.75 Å². The van der Waals surface area contributed by atoms with E-state index in [1.165, 1.54) is 18.2 Å². The van der Waals surface area contributed by atoms with Crippen molar-refractivity contribution in [2.24, 2.45) is 0 Å². The maximum Gasteiger partial charge on any atom is 0.229 e. The minimum absolute atomic E-state index is 0.195. The minimum Gasteiger partial charge on any atom is -0.460 e. The number of halogens is 2. The van der Waals surface area contributed by atoms with E-state index in [0.717, 1.165) is 0 Å². The highest BCUT2D eigenvalue weighted by molar-refractivity contribution is 6.35. The van der Waals surface area contributed by atoms with Crippen LogP contribution in [-0.4, -0.2) is 57.7 Å². The van der Waals surface area contributed by atoms with E-state index in [0.29, 0.717) is 5.02 Å². The zero-order chi connectivity index (χ0) is 14.9. The van der Waals surface area contributed by atoms with Crippen molar-refractivity contribution in [2.75, 3.05) is 6.61 Å². The fourth-order valence-electron chi connectivity index (χ4n) is 1.86. The van der Waals surface area contributed by atoms with E-state index in [1.54, 1.807) is 0 Å². The van der Waals surface area contributed by atoms with Gasteiger partial charge in [0, 0.05) is 5.02 Å². The van der Waals surface area contributed by atoms with Gasteiger partial charge >= 0.3 is 0 Å². The molecule has 0 saturated carbocycles. The molecular formula is C12H14Cl2O6. The first-order chi connectivity index (χ1) is 9.43. The molecule has 1 aromatic rings. The zero-order valence-electron chi connectivity index (χ0n) is 10.2. The summed E-state index contributed by atoms with van der Waals surface area (Å²) in [6, 6.07) is 4.46. The topological polar surface area (TPSA) is 99.4 Å². The summed E-state index contributed by atoms with van der Waals surface area (Å²) in [6.07, 6.45) is -6.74. The van der Waals surface area contributed by atoms with Gasteiger partial charge in [0.2, 0.25) is 6.29 Å². The maximum absolute atomic E-state index is 9.82. The third-order valence-electron chi connectivity index (χ3n) is 2.99. The highest BCUT2D eigenvalue weighted by Gasteiger charge is 2.44. The third-order valence-corrected chi connectivity index (χ3v) is 3.52. The van der Waals surface area contributed by atoms with Crippen LogP contribution in [0.2, 0.25) is 10.0 Å². The SMILES string of the molecule is OCC1O[C@@H](Oc2ccc(Cl)cc2Cl)C(O)C(O)C1O. The minimum atomic E-state index is -1.50. The molecule has 0 radical (unpaired) electrons. The molecular weight excluding hydrogens is 311 g/mol. The number of aliphatic hydroxyl groups is 4. The molecule has 1 fully saturated rings. The molecule has 8 heteroatoms. The van der Waals surface area contributed by atoms with Gasteiger partial charge in [0.15, 0.2) is 0 Å². The maximum atomic E-state index is 9.82. The van der Waals surface area contributed by atoms with Crippen LogP contribution < -0.4 is 4.74 Å². The molecule has 1 aliphatic rings. The quantitative estimate of drug-likeness (QED) is 0.632. The first-order valence-electron chi connectivity index (χ1n) is 5.86. The molecule has 112 valence electrons. The normalized spacial score (nSPS) is 34.0. The van der Waals surface area contributed by atoms with Crippen molar-refractivity contribution in [3.05, 3.63) is 28.2 Å². The molecule has 4 N–H and O–H groups in total. The van der Waals surface area contributed by atoms with Gasteiger partial charge in [-0.25, -0.2) is 0 Å². The van der Waals surface area contributed by atoms with E-state index in [-0.39, 0.29) is 10.8 Å². The van der Waals surface area contributed by atoms with Crippen molar-refractivity contribution in [3.63, 3.8) is 0 Å². The Morgan fingerprint density at radius 3 is 2.40 bits per heavy atom. The fraction of sp³-hybridized carbons (Fsp3) is 0.500. The van der Waals surface area contributed by atoms with Gasteiger partial charge < -0.3 is 29.9 Å². The number of benzene rings is 1. The summed E-state index contributed by atoms with van der Waals surface area (Å²) in [6.45, 7) is -0.529. The summed E-state index contributed by atoms with van der Waals surface area (Å²) < 4.78 is 10.6. The molecule has 5 atom stereocenters. The summed E-state index contributed by atoms with van der Waals surface area (Å²) >= 11 is 11.7. The molecule has 20 heavy (non-hydrogen) atoms. The van der Waals surface area contributed by atoms with Crippen LogP contribution in [0.1, 0.15) is 0 Å². The summed E-state index contributed by atoms with van der Waals surface area (Å²) in [5.74, 6) is 0.195. The van der Waals surface area contributed by atoms with Crippen LogP contribution in [0.5, 0.6) is 5.75 Å². The van der Waals surface area contributed by atoms with Crippen molar-refractivity contribution in [1.82, 2.24) is 0 Å². The lowest BCUT2D eigenvalue weighted by Crippen LogP contribution is -2.60. The lowest BCUT2D eigenvalue weighted by atomic mass is 9.99. The van der Waals surface area contributed by atoms with E-state index in [4.69, 9.17) is 37.8 Å². The predicted molar refractivity (Wildman–Crippen MR) is 70.9 cm³/mol. The summed E-state index contributed by atoms with van der Waals surface area (Å²) in [5, 5.41) is 38.8. The Morgan fingerprint density at radius 1 is 1.10 bits per heavy atom. The van der Waals surface area contributed by atoms with E-state index >= 15 is 0 Å². The van der Waals surface area contributed by atoms with E-state index in [2.05, 4.69) is 0 Å². The zero-order valence-corrected chi connectivity index (χ0v) is 11.7. The van der Waals surface area contributed by atoms with Crippen LogP contribution >= 0.6 is 23.2 Å². The van der Waals surface area contributed by atoms with Crippen LogP contribution in [0.4, 0.5) is 0 Å². The average molecular weight is 325 g/mol. The monoisotopic (exact) mass is 324 g/mol. The summed E-state index contributed by atoms with van der Waals surface area (Å²) in [4.78, 5) is 0. The lowest BCUT2D eigenvalue weighted by Gasteiger charge is -2.39. The molecule has 0 spiro atoms. The van der Waals surface area contributed by atoms with Gasteiger partial charge in [0.1, 0.15) is 30.2 Å². The molecule has 6 nitrogen and oxygen atoms in total. The first-order valence-corrected chi connectivity index (χ1v) is 6.62. The van der Waals surface area contributed by atoms with Crippen LogP contribution in [-0.2, 0) is 4.74 Å². The fourth-order valence-corrected chi connectivity index (χ4v) is 2.31. The number of hydrogen-bond acceptors (Lipinski definition) is 6. The number of aliphatic hydroxyl groups excluding tert-OH is 4. The standard InChI is InChI=1S/C12H14Cl2O6/c13-5-1-2-7(6(14)3-5)19-12-11(18)10(17)9(16)8(4-15)20-12/h1-3,8-12,15-18H,4H2/t8?,9?,10?,11?,12-/m1/s1. The Morgan fingerprint density at radius 2 is 1.80 bits per heavy atom. The Labute approximate surface area is 125 Å². The Bertz CT molecular complexity index is 469. The molecule has 1 aromatic carbocycles.